The molecule has 2 aromatic heterocycles. The van der Waals surface area contributed by atoms with Crippen LogP contribution in [0.2, 0.25) is 0 Å². The van der Waals surface area contributed by atoms with Crippen LogP contribution < -0.4 is 0 Å². The van der Waals surface area contributed by atoms with E-state index in [4.69, 9.17) is 4.74 Å². The number of nitrogens with zero attached hydrogens (tertiary/aromatic N) is 4. The first-order valence-corrected chi connectivity index (χ1v) is 8.61. The molecule has 1 unspecified atom stereocenters. The molecule has 0 spiro atoms. The van der Waals surface area contributed by atoms with E-state index in [1.54, 1.807) is 23.9 Å². The molecule has 22 heavy (non-hydrogen) atoms. The Morgan fingerprint density at radius 3 is 2.95 bits per heavy atom. The first kappa shape index (κ1) is 15.2. The van der Waals surface area contributed by atoms with Gasteiger partial charge in [-0.05, 0) is 19.9 Å². The second-order valence-corrected chi connectivity index (χ2v) is 6.99. The standard InChI is InChI=1S/C13H19N5O3S/c1-3-17-10(2)13(8-15-17)22(19,20)18-6-7-21-9-12(18)11-4-5-14-16-11/h4-5,8,12H,3,6-7,9H2,1-2H3,(H,14,16). The zero-order chi connectivity index (χ0) is 15.7. The topological polar surface area (TPSA) is 93.1 Å². The first-order chi connectivity index (χ1) is 10.6. The maximum absolute atomic E-state index is 13.0. The Bertz CT molecular complexity index is 738. The number of nitrogens with one attached hydrogen (secondary N) is 1. The predicted octanol–water partition coefficient (Wildman–Crippen LogP) is 0.697. The average Bonchev–Trinajstić information content (AvgIpc) is 3.16. The number of H-pyrrole nitrogens is 1. The lowest BCUT2D eigenvalue weighted by Crippen LogP contribution is -2.43. The van der Waals surface area contributed by atoms with Crippen LogP contribution in [0.25, 0.3) is 0 Å². The fourth-order valence-corrected chi connectivity index (χ4v) is 4.44. The molecule has 3 heterocycles. The number of hydrogen-bond acceptors (Lipinski definition) is 5. The van der Waals surface area contributed by atoms with Gasteiger partial charge >= 0.3 is 0 Å². The van der Waals surface area contributed by atoms with E-state index < -0.39 is 16.1 Å². The van der Waals surface area contributed by atoms with E-state index in [2.05, 4.69) is 15.3 Å². The van der Waals surface area contributed by atoms with Gasteiger partial charge < -0.3 is 4.74 Å². The maximum atomic E-state index is 13.0. The van der Waals surface area contributed by atoms with Gasteiger partial charge in [0.25, 0.3) is 0 Å². The highest BCUT2D eigenvalue weighted by molar-refractivity contribution is 7.89. The highest BCUT2D eigenvalue weighted by Crippen LogP contribution is 2.30. The van der Waals surface area contributed by atoms with Crippen LogP contribution in [0.1, 0.15) is 24.4 Å². The smallest absolute Gasteiger partial charge is 0.247 e. The van der Waals surface area contributed by atoms with E-state index in [9.17, 15) is 8.42 Å². The number of rotatable bonds is 4. The molecular weight excluding hydrogens is 306 g/mol. The fourth-order valence-electron chi connectivity index (χ4n) is 2.70. The molecule has 0 bridgehead atoms. The van der Waals surface area contributed by atoms with Gasteiger partial charge in [0.2, 0.25) is 10.0 Å². The second-order valence-electron chi connectivity index (χ2n) is 5.13. The number of aromatic amines is 1. The predicted molar refractivity (Wildman–Crippen MR) is 78.7 cm³/mol. The van der Waals surface area contributed by atoms with Gasteiger partial charge in [-0.15, -0.1) is 0 Å². The Kier molecular flexibility index (Phi) is 4.02. The van der Waals surface area contributed by atoms with Gasteiger partial charge in [0, 0.05) is 19.3 Å². The molecule has 1 N–H and O–H groups in total. The number of ether oxygens (including phenoxy) is 1. The van der Waals surface area contributed by atoms with E-state index in [1.165, 1.54) is 10.5 Å². The van der Waals surface area contributed by atoms with Crippen molar-refractivity contribution in [3.8, 4) is 0 Å². The van der Waals surface area contributed by atoms with Gasteiger partial charge in [0.1, 0.15) is 4.90 Å². The van der Waals surface area contributed by atoms with Crippen molar-refractivity contribution >= 4 is 10.0 Å². The second kappa shape index (κ2) is 5.82. The lowest BCUT2D eigenvalue weighted by Gasteiger charge is -2.33. The molecule has 0 saturated carbocycles. The molecule has 1 atom stereocenters. The molecule has 3 rings (SSSR count). The van der Waals surface area contributed by atoms with Gasteiger partial charge in [-0.3, -0.25) is 9.78 Å². The van der Waals surface area contributed by atoms with Crippen molar-refractivity contribution in [2.24, 2.45) is 0 Å². The summed E-state index contributed by atoms with van der Waals surface area (Å²) in [6, 6.07) is 1.37. The van der Waals surface area contributed by atoms with Crippen LogP contribution in [0.15, 0.2) is 23.4 Å². The normalized spacial score (nSPS) is 20.4. The van der Waals surface area contributed by atoms with Crippen LogP contribution in [0, 0.1) is 6.92 Å². The molecule has 0 radical (unpaired) electrons. The molecule has 9 heteroatoms. The van der Waals surface area contributed by atoms with Crippen molar-refractivity contribution in [3.05, 3.63) is 29.8 Å². The van der Waals surface area contributed by atoms with Crippen molar-refractivity contribution in [2.45, 2.75) is 31.3 Å². The third-order valence-electron chi connectivity index (χ3n) is 3.90. The van der Waals surface area contributed by atoms with Crippen LogP contribution in [0.4, 0.5) is 0 Å². The lowest BCUT2D eigenvalue weighted by atomic mass is 10.2. The van der Waals surface area contributed by atoms with E-state index >= 15 is 0 Å². The molecule has 1 saturated heterocycles. The quantitative estimate of drug-likeness (QED) is 0.893. The number of hydrogen-bond donors (Lipinski definition) is 1. The largest absolute Gasteiger partial charge is 0.378 e. The number of aromatic nitrogens is 4. The Morgan fingerprint density at radius 2 is 2.32 bits per heavy atom. The van der Waals surface area contributed by atoms with E-state index in [-0.39, 0.29) is 4.90 Å². The SMILES string of the molecule is CCn1ncc(S(=O)(=O)N2CCOCC2c2ccn[nH]2)c1C. The van der Waals surface area contributed by atoms with Gasteiger partial charge in [-0.25, -0.2) is 8.42 Å². The summed E-state index contributed by atoms with van der Waals surface area (Å²) < 4.78 is 34.6. The third-order valence-corrected chi connectivity index (χ3v) is 5.92. The summed E-state index contributed by atoms with van der Waals surface area (Å²) in [6.45, 7) is 5.33. The fraction of sp³-hybridized carbons (Fsp3) is 0.538. The van der Waals surface area contributed by atoms with Crippen molar-refractivity contribution in [1.29, 1.82) is 0 Å². The molecule has 0 aliphatic carbocycles. The van der Waals surface area contributed by atoms with Gasteiger partial charge in [0.15, 0.2) is 0 Å². The molecule has 0 amide bonds. The van der Waals surface area contributed by atoms with Crippen LogP contribution in [0.3, 0.4) is 0 Å². The summed E-state index contributed by atoms with van der Waals surface area (Å²) in [5.41, 5.74) is 1.38. The molecule has 8 nitrogen and oxygen atoms in total. The summed E-state index contributed by atoms with van der Waals surface area (Å²) in [5.74, 6) is 0. The van der Waals surface area contributed by atoms with Crippen LogP contribution in [-0.4, -0.2) is 52.5 Å². The van der Waals surface area contributed by atoms with Crippen molar-refractivity contribution in [1.82, 2.24) is 24.3 Å². The summed E-state index contributed by atoms with van der Waals surface area (Å²) in [4.78, 5) is 0.251. The Balaban J connectivity index is 2.00. The van der Waals surface area contributed by atoms with Gasteiger partial charge in [-0.1, -0.05) is 0 Å². The van der Waals surface area contributed by atoms with E-state index in [0.29, 0.717) is 32.0 Å². The number of aryl methyl sites for hydroxylation is 1. The van der Waals surface area contributed by atoms with Crippen LogP contribution in [0.5, 0.6) is 0 Å². The average molecular weight is 325 g/mol. The Morgan fingerprint density at radius 1 is 1.50 bits per heavy atom. The summed E-state index contributed by atoms with van der Waals surface area (Å²) in [7, 11) is -3.63. The van der Waals surface area contributed by atoms with Crippen molar-refractivity contribution in [3.63, 3.8) is 0 Å². The van der Waals surface area contributed by atoms with Crippen LogP contribution in [-0.2, 0) is 21.3 Å². The monoisotopic (exact) mass is 325 g/mol. The molecule has 1 aliphatic rings. The molecular formula is C13H19N5O3S. The zero-order valence-electron chi connectivity index (χ0n) is 12.6. The van der Waals surface area contributed by atoms with Crippen molar-refractivity contribution < 1.29 is 13.2 Å². The summed E-state index contributed by atoms with van der Waals surface area (Å²) in [6.07, 6.45) is 3.03. The lowest BCUT2D eigenvalue weighted by molar-refractivity contribution is 0.0305. The zero-order valence-corrected chi connectivity index (χ0v) is 13.4. The number of sulfonamides is 1. The van der Waals surface area contributed by atoms with Crippen LogP contribution >= 0.6 is 0 Å². The molecule has 2 aromatic rings. The molecule has 0 aromatic carbocycles. The third kappa shape index (κ3) is 2.44. The highest BCUT2D eigenvalue weighted by Gasteiger charge is 2.37. The number of morpholine rings is 1. The van der Waals surface area contributed by atoms with Gasteiger partial charge in [-0.2, -0.15) is 14.5 Å². The summed E-state index contributed by atoms with van der Waals surface area (Å²) in [5, 5.41) is 10.9. The molecule has 120 valence electrons. The van der Waals surface area contributed by atoms with E-state index in [0.717, 1.165) is 5.69 Å². The Labute approximate surface area is 129 Å². The minimum Gasteiger partial charge on any atom is -0.378 e. The highest BCUT2D eigenvalue weighted by atomic mass is 32.2. The molecule has 1 fully saturated rings. The minimum absolute atomic E-state index is 0.251. The van der Waals surface area contributed by atoms with Gasteiger partial charge in [0.05, 0.1) is 36.8 Å². The maximum Gasteiger partial charge on any atom is 0.247 e. The minimum atomic E-state index is -3.63. The first-order valence-electron chi connectivity index (χ1n) is 7.17. The van der Waals surface area contributed by atoms with E-state index in [1.807, 2.05) is 6.92 Å². The summed E-state index contributed by atoms with van der Waals surface area (Å²) >= 11 is 0. The van der Waals surface area contributed by atoms with Crippen molar-refractivity contribution in [2.75, 3.05) is 19.8 Å². The Hall–Kier alpha value is -1.71. The molecule has 1 aliphatic heterocycles.